The molecule has 5 N–H and O–H groups in total. The molecule has 0 radical (unpaired) electrons. The van der Waals surface area contributed by atoms with E-state index in [-0.39, 0.29) is 50.4 Å². The SMILES string of the molecule is CC(C)[C@H](N)C(=O)N(C(=O)CCc1cccnc1)C(Cc1ccccc1)C(O)C(Cc1ccccc1)N(C(=O)CCc1cccnc1)C(=O)[C@@H](N)C(C)C. The standard InChI is InChI=1S/C43H54N6O5/c1-29(2)39(44)42(53)48(37(50)21-19-33-17-11-23-46-27-33)35(25-31-13-7-5-8-14-31)41(52)36(26-32-15-9-6-10-16-32)49(43(54)40(45)30(3)4)38(51)22-20-34-18-12-24-47-28-34/h5-18,23-24,27-30,35-36,39-41,52H,19-22,25-26,44-45H2,1-4H3/t35?,36?,39-,40-,41?/m0/s1. The third kappa shape index (κ3) is 11.4. The molecule has 54 heavy (non-hydrogen) atoms. The molecule has 4 rings (SSSR count). The van der Waals surface area contributed by atoms with Crippen molar-refractivity contribution < 1.29 is 24.3 Å². The summed E-state index contributed by atoms with van der Waals surface area (Å²) in [5.74, 6) is -3.07. The number of aliphatic hydroxyl groups excluding tert-OH is 1. The number of amides is 4. The maximum absolute atomic E-state index is 14.4. The topological polar surface area (TPSA) is 173 Å². The number of carbonyl (C=O) groups excluding carboxylic acids is 4. The van der Waals surface area contributed by atoms with E-state index in [0.717, 1.165) is 32.1 Å². The Morgan fingerprint density at radius 3 is 1.24 bits per heavy atom. The summed E-state index contributed by atoms with van der Waals surface area (Å²) < 4.78 is 0. The van der Waals surface area contributed by atoms with E-state index in [1.165, 1.54) is 0 Å². The Morgan fingerprint density at radius 2 is 0.926 bits per heavy atom. The van der Waals surface area contributed by atoms with Gasteiger partial charge in [-0.2, -0.15) is 0 Å². The Hall–Kier alpha value is -5.10. The fourth-order valence-electron chi connectivity index (χ4n) is 6.37. The number of hydrogen-bond acceptors (Lipinski definition) is 9. The molecule has 0 aliphatic rings. The van der Waals surface area contributed by atoms with Crippen molar-refractivity contribution in [1.82, 2.24) is 19.8 Å². The lowest BCUT2D eigenvalue weighted by Gasteiger charge is -2.42. The molecule has 2 unspecified atom stereocenters. The van der Waals surface area contributed by atoms with Crippen LogP contribution < -0.4 is 11.5 Å². The van der Waals surface area contributed by atoms with Crippen LogP contribution in [0, 0.1) is 11.8 Å². The lowest BCUT2D eigenvalue weighted by molar-refractivity contribution is -0.157. The highest BCUT2D eigenvalue weighted by Gasteiger charge is 2.45. The highest BCUT2D eigenvalue weighted by Crippen LogP contribution is 2.26. The molecule has 4 atom stereocenters. The van der Waals surface area contributed by atoms with Gasteiger partial charge in [0.05, 0.1) is 30.3 Å². The van der Waals surface area contributed by atoms with Gasteiger partial charge >= 0.3 is 0 Å². The second-order valence-electron chi connectivity index (χ2n) is 14.5. The van der Waals surface area contributed by atoms with E-state index in [2.05, 4.69) is 9.97 Å². The first-order valence-corrected chi connectivity index (χ1v) is 18.7. The van der Waals surface area contributed by atoms with Crippen molar-refractivity contribution in [1.29, 1.82) is 0 Å². The number of aliphatic hydroxyl groups is 1. The normalized spacial score (nSPS) is 14.2. The maximum atomic E-state index is 14.4. The largest absolute Gasteiger partial charge is 0.389 e. The first-order chi connectivity index (χ1) is 25.9. The van der Waals surface area contributed by atoms with E-state index in [4.69, 9.17) is 11.5 Å². The van der Waals surface area contributed by atoms with Crippen molar-refractivity contribution >= 4 is 23.6 Å². The zero-order chi connectivity index (χ0) is 39.2. The zero-order valence-electron chi connectivity index (χ0n) is 31.7. The molecular weight excluding hydrogens is 681 g/mol. The lowest BCUT2D eigenvalue weighted by Crippen LogP contribution is -2.64. The number of imide groups is 2. The minimum absolute atomic E-state index is 0.0324. The molecule has 4 amide bonds. The molecule has 0 saturated carbocycles. The number of benzene rings is 2. The molecule has 0 aliphatic carbocycles. The Kier molecular flexibility index (Phi) is 15.7. The van der Waals surface area contributed by atoms with Crippen molar-refractivity contribution in [3.8, 4) is 0 Å². The van der Waals surface area contributed by atoms with E-state index in [1.54, 1.807) is 64.6 Å². The van der Waals surface area contributed by atoms with Crippen molar-refractivity contribution in [2.75, 3.05) is 0 Å². The Morgan fingerprint density at radius 1 is 0.574 bits per heavy atom. The third-order valence-corrected chi connectivity index (χ3v) is 9.75. The molecule has 0 saturated heterocycles. The summed E-state index contributed by atoms with van der Waals surface area (Å²) in [5.41, 5.74) is 16.0. The van der Waals surface area contributed by atoms with Gasteiger partial charge in [-0.05, 0) is 71.9 Å². The summed E-state index contributed by atoms with van der Waals surface area (Å²) in [6.07, 6.45) is 5.47. The molecular formula is C43H54N6O5. The van der Waals surface area contributed by atoms with Crippen LogP contribution in [0.15, 0.2) is 110 Å². The van der Waals surface area contributed by atoms with Gasteiger partial charge in [-0.25, -0.2) is 0 Å². The van der Waals surface area contributed by atoms with Gasteiger partial charge in [-0.1, -0.05) is 100 Å². The van der Waals surface area contributed by atoms with E-state index in [1.807, 2.05) is 72.8 Å². The van der Waals surface area contributed by atoms with Crippen LogP contribution in [-0.2, 0) is 44.9 Å². The van der Waals surface area contributed by atoms with Gasteiger partial charge in [-0.15, -0.1) is 0 Å². The Labute approximate surface area is 318 Å². The van der Waals surface area contributed by atoms with E-state index >= 15 is 0 Å². The number of nitrogens with zero attached hydrogens (tertiary/aromatic N) is 4. The molecule has 11 nitrogen and oxygen atoms in total. The van der Waals surface area contributed by atoms with Crippen LogP contribution in [0.1, 0.15) is 62.8 Å². The van der Waals surface area contributed by atoms with Gasteiger partial charge in [0.15, 0.2) is 0 Å². The van der Waals surface area contributed by atoms with Gasteiger partial charge in [0.25, 0.3) is 0 Å². The van der Waals surface area contributed by atoms with Gasteiger partial charge in [0.1, 0.15) is 0 Å². The van der Waals surface area contributed by atoms with Gasteiger partial charge in [0.2, 0.25) is 23.6 Å². The fourth-order valence-corrected chi connectivity index (χ4v) is 6.37. The summed E-state index contributed by atoms with van der Waals surface area (Å²) in [4.78, 5) is 68.2. The Balaban J connectivity index is 1.88. The highest BCUT2D eigenvalue weighted by atomic mass is 16.3. The van der Waals surface area contributed by atoms with Crippen LogP contribution in [0.25, 0.3) is 0 Å². The number of carbonyl (C=O) groups is 4. The van der Waals surface area contributed by atoms with Crippen LogP contribution in [0.2, 0.25) is 0 Å². The van der Waals surface area contributed by atoms with Gasteiger partial charge in [-0.3, -0.25) is 38.9 Å². The number of aryl methyl sites for hydroxylation is 2. The highest BCUT2D eigenvalue weighted by molar-refractivity contribution is 5.99. The fraction of sp³-hybridized carbons (Fsp3) is 0.395. The first kappa shape index (κ1) is 41.7. The van der Waals surface area contributed by atoms with Crippen molar-refractivity contribution in [2.24, 2.45) is 23.3 Å². The molecule has 2 heterocycles. The van der Waals surface area contributed by atoms with E-state index in [9.17, 15) is 24.3 Å². The summed E-state index contributed by atoms with van der Waals surface area (Å²) in [6.45, 7) is 7.15. The molecule has 0 aliphatic heterocycles. The van der Waals surface area contributed by atoms with E-state index < -0.39 is 53.9 Å². The molecule has 0 spiro atoms. The molecule has 286 valence electrons. The monoisotopic (exact) mass is 734 g/mol. The summed E-state index contributed by atoms with van der Waals surface area (Å²) in [7, 11) is 0. The molecule has 11 heteroatoms. The third-order valence-electron chi connectivity index (χ3n) is 9.75. The van der Waals surface area contributed by atoms with Crippen LogP contribution >= 0.6 is 0 Å². The quantitative estimate of drug-likeness (QED) is 0.135. The second-order valence-corrected chi connectivity index (χ2v) is 14.5. The van der Waals surface area contributed by atoms with Crippen molar-refractivity contribution in [3.05, 3.63) is 132 Å². The predicted octanol–water partition coefficient (Wildman–Crippen LogP) is 4.30. The zero-order valence-corrected chi connectivity index (χ0v) is 31.7. The predicted molar refractivity (Wildman–Crippen MR) is 208 cm³/mol. The summed E-state index contributed by atoms with van der Waals surface area (Å²) in [5, 5.41) is 12.8. The maximum Gasteiger partial charge on any atom is 0.246 e. The number of hydrogen-bond donors (Lipinski definition) is 3. The van der Waals surface area contributed by atoms with Gasteiger partial charge < -0.3 is 16.6 Å². The van der Waals surface area contributed by atoms with Crippen molar-refractivity contribution in [2.45, 2.75) is 96.5 Å². The smallest absolute Gasteiger partial charge is 0.246 e. The number of rotatable bonds is 18. The lowest BCUT2D eigenvalue weighted by atomic mass is 9.88. The minimum Gasteiger partial charge on any atom is -0.389 e. The second kappa shape index (κ2) is 20.4. The summed E-state index contributed by atoms with van der Waals surface area (Å²) >= 11 is 0. The average molecular weight is 735 g/mol. The van der Waals surface area contributed by atoms with Crippen LogP contribution in [0.5, 0.6) is 0 Å². The van der Waals surface area contributed by atoms with Crippen LogP contribution in [0.4, 0.5) is 0 Å². The minimum atomic E-state index is -1.61. The average Bonchev–Trinajstić information content (AvgIpc) is 3.19. The molecule has 4 aromatic rings. The van der Waals surface area contributed by atoms with E-state index in [0.29, 0.717) is 0 Å². The molecule has 0 fully saturated rings. The Bertz CT molecular complexity index is 1640. The summed E-state index contributed by atoms with van der Waals surface area (Å²) in [6, 6.07) is 21.0. The van der Waals surface area contributed by atoms with Crippen LogP contribution in [0.3, 0.4) is 0 Å². The van der Waals surface area contributed by atoms with Crippen molar-refractivity contribution in [3.63, 3.8) is 0 Å². The number of nitrogens with two attached hydrogens (primary N) is 2. The first-order valence-electron chi connectivity index (χ1n) is 18.7. The molecule has 2 aromatic carbocycles. The molecule has 0 bridgehead atoms. The van der Waals surface area contributed by atoms with Crippen LogP contribution in [-0.4, -0.2) is 78.8 Å². The van der Waals surface area contributed by atoms with Gasteiger partial charge in [0, 0.05) is 37.6 Å². The molecule has 2 aromatic heterocycles. The number of aromatic nitrogens is 2. The number of pyridine rings is 2.